The number of hydrogen-bond donors (Lipinski definition) is 2. The van der Waals surface area contributed by atoms with E-state index in [1.165, 1.54) is 0 Å². The number of hydrogen-bond acceptors (Lipinski definition) is 5. The molecule has 0 aromatic heterocycles. The molecule has 160 valence electrons. The van der Waals surface area contributed by atoms with Gasteiger partial charge in [0, 0.05) is 57.4 Å². The van der Waals surface area contributed by atoms with E-state index in [1.54, 1.807) is 0 Å². The first kappa shape index (κ1) is 21.3. The van der Waals surface area contributed by atoms with E-state index in [4.69, 9.17) is 9.73 Å². The molecule has 2 atom stereocenters. The molecule has 3 fully saturated rings. The van der Waals surface area contributed by atoms with E-state index < -0.39 is 0 Å². The van der Waals surface area contributed by atoms with Crippen molar-refractivity contribution in [2.24, 2.45) is 4.99 Å². The van der Waals surface area contributed by atoms with Gasteiger partial charge in [-0.05, 0) is 33.6 Å². The van der Waals surface area contributed by atoms with Crippen LogP contribution in [0.25, 0.3) is 0 Å². The average molecular weight is 395 g/mol. The minimum absolute atomic E-state index is 0.171. The highest BCUT2D eigenvalue weighted by Crippen LogP contribution is 2.18. The van der Waals surface area contributed by atoms with Gasteiger partial charge in [0.15, 0.2) is 5.96 Å². The molecule has 2 unspecified atom stereocenters. The van der Waals surface area contributed by atoms with Crippen molar-refractivity contribution in [3.63, 3.8) is 0 Å². The van der Waals surface area contributed by atoms with Crippen molar-refractivity contribution < 1.29 is 9.53 Å². The van der Waals surface area contributed by atoms with Crippen molar-refractivity contribution in [1.29, 1.82) is 0 Å². The number of carbonyl (C=O) groups excluding carboxylic acids is 1. The summed E-state index contributed by atoms with van der Waals surface area (Å²) in [6.45, 7) is 15.0. The van der Waals surface area contributed by atoms with Gasteiger partial charge < -0.3 is 20.3 Å². The third-order valence-corrected chi connectivity index (χ3v) is 5.81. The third kappa shape index (κ3) is 6.32. The summed E-state index contributed by atoms with van der Waals surface area (Å²) < 4.78 is 5.55. The van der Waals surface area contributed by atoms with E-state index in [2.05, 4.69) is 46.1 Å². The summed E-state index contributed by atoms with van der Waals surface area (Å²) in [6, 6.07) is 1.30. The monoisotopic (exact) mass is 394 g/mol. The molecule has 1 amide bonds. The molecule has 2 heterocycles. The van der Waals surface area contributed by atoms with Gasteiger partial charge in [-0.25, -0.2) is 0 Å². The summed E-state index contributed by atoms with van der Waals surface area (Å²) in [7, 11) is 0. The van der Waals surface area contributed by atoms with E-state index in [1.807, 2.05) is 0 Å². The van der Waals surface area contributed by atoms with Crippen LogP contribution in [0.4, 0.5) is 0 Å². The molecule has 0 radical (unpaired) electrons. The van der Waals surface area contributed by atoms with Crippen LogP contribution in [0.1, 0.15) is 33.6 Å². The minimum Gasteiger partial charge on any atom is -0.379 e. The number of nitrogens with one attached hydrogen (secondary N) is 2. The Balaban J connectivity index is 1.46. The number of piperazine rings is 1. The number of morpholine rings is 1. The van der Waals surface area contributed by atoms with Gasteiger partial charge in [0.05, 0.1) is 26.3 Å². The molecule has 2 N–H and O–H groups in total. The van der Waals surface area contributed by atoms with Gasteiger partial charge in [0.25, 0.3) is 0 Å². The van der Waals surface area contributed by atoms with Crippen LogP contribution in [-0.4, -0.2) is 110 Å². The highest BCUT2D eigenvalue weighted by atomic mass is 16.5. The Hall–Kier alpha value is -1.38. The van der Waals surface area contributed by atoms with Crippen molar-refractivity contribution in [3.05, 3.63) is 0 Å². The largest absolute Gasteiger partial charge is 0.379 e. The summed E-state index contributed by atoms with van der Waals surface area (Å²) >= 11 is 0. The second-order valence-electron chi connectivity index (χ2n) is 8.31. The molecule has 0 aromatic rings. The topological polar surface area (TPSA) is 72.4 Å². The van der Waals surface area contributed by atoms with Gasteiger partial charge >= 0.3 is 0 Å². The number of aliphatic imine (C=N–C) groups is 1. The van der Waals surface area contributed by atoms with Crippen molar-refractivity contribution in [2.75, 3.05) is 65.6 Å². The van der Waals surface area contributed by atoms with Gasteiger partial charge in [-0.2, -0.15) is 0 Å². The second-order valence-corrected chi connectivity index (χ2v) is 8.31. The van der Waals surface area contributed by atoms with Crippen LogP contribution < -0.4 is 10.6 Å². The van der Waals surface area contributed by atoms with Crippen molar-refractivity contribution in [1.82, 2.24) is 25.3 Å². The lowest BCUT2D eigenvalue weighted by molar-refractivity contribution is -0.122. The first-order valence-corrected chi connectivity index (χ1v) is 10.9. The van der Waals surface area contributed by atoms with E-state index in [-0.39, 0.29) is 5.91 Å². The van der Waals surface area contributed by atoms with Gasteiger partial charge in [0.2, 0.25) is 5.91 Å². The maximum atomic E-state index is 12.0. The molecule has 1 aliphatic carbocycles. The highest BCUT2D eigenvalue weighted by Gasteiger charge is 2.27. The Morgan fingerprint density at radius 1 is 1.21 bits per heavy atom. The Morgan fingerprint density at radius 3 is 2.61 bits per heavy atom. The number of ether oxygens (including phenoxy) is 1. The first-order valence-electron chi connectivity index (χ1n) is 10.9. The SMILES string of the molecule is CCNC(=NCC(C)N1CCOCC1C)N1CCN(CC(=O)NC2CC2)CC1. The second kappa shape index (κ2) is 10.4. The average Bonchev–Trinajstić information content (AvgIpc) is 3.50. The quantitative estimate of drug-likeness (QED) is 0.466. The lowest BCUT2D eigenvalue weighted by atomic mass is 10.2. The lowest BCUT2D eigenvalue weighted by Crippen LogP contribution is -2.54. The number of rotatable bonds is 7. The molecular weight excluding hydrogens is 356 g/mol. The fraction of sp³-hybridized carbons (Fsp3) is 0.900. The van der Waals surface area contributed by atoms with Gasteiger partial charge in [-0.3, -0.25) is 19.6 Å². The van der Waals surface area contributed by atoms with E-state index in [9.17, 15) is 4.79 Å². The van der Waals surface area contributed by atoms with Crippen LogP contribution in [0.3, 0.4) is 0 Å². The summed E-state index contributed by atoms with van der Waals surface area (Å²) in [5.74, 6) is 1.17. The van der Waals surface area contributed by atoms with Gasteiger partial charge in [-0.15, -0.1) is 0 Å². The normalized spacial score (nSPS) is 26.2. The highest BCUT2D eigenvalue weighted by molar-refractivity contribution is 5.80. The number of nitrogens with zero attached hydrogens (tertiary/aromatic N) is 4. The minimum atomic E-state index is 0.171. The lowest BCUT2D eigenvalue weighted by Gasteiger charge is -2.38. The molecule has 2 saturated heterocycles. The van der Waals surface area contributed by atoms with Crippen LogP contribution in [0, 0.1) is 0 Å². The number of carbonyl (C=O) groups is 1. The third-order valence-electron chi connectivity index (χ3n) is 5.81. The van der Waals surface area contributed by atoms with Crippen LogP contribution in [0.5, 0.6) is 0 Å². The zero-order valence-corrected chi connectivity index (χ0v) is 17.8. The number of guanidine groups is 1. The molecule has 2 aliphatic heterocycles. The maximum Gasteiger partial charge on any atom is 0.234 e. The Kier molecular flexibility index (Phi) is 7.93. The van der Waals surface area contributed by atoms with Gasteiger partial charge in [-0.1, -0.05) is 0 Å². The summed E-state index contributed by atoms with van der Waals surface area (Å²) in [5, 5.41) is 6.53. The molecule has 3 rings (SSSR count). The fourth-order valence-electron chi connectivity index (χ4n) is 3.97. The molecular formula is C20H38N6O2. The molecule has 0 bridgehead atoms. The molecule has 0 aromatic carbocycles. The van der Waals surface area contributed by atoms with Crippen molar-refractivity contribution in [2.45, 2.75) is 51.7 Å². The van der Waals surface area contributed by atoms with Gasteiger partial charge in [0.1, 0.15) is 0 Å². The van der Waals surface area contributed by atoms with E-state index in [0.717, 1.165) is 77.8 Å². The molecule has 8 nitrogen and oxygen atoms in total. The van der Waals surface area contributed by atoms with Crippen molar-refractivity contribution in [3.8, 4) is 0 Å². The summed E-state index contributed by atoms with van der Waals surface area (Å²) in [6.07, 6.45) is 2.29. The zero-order valence-electron chi connectivity index (χ0n) is 17.8. The molecule has 1 saturated carbocycles. The molecule has 8 heteroatoms. The van der Waals surface area contributed by atoms with Crippen LogP contribution >= 0.6 is 0 Å². The number of amides is 1. The van der Waals surface area contributed by atoms with Crippen LogP contribution in [0.2, 0.25) is 0 Å². The zero-order chi connectivity index (χ0) is 19.9. The Bertz CT molecular complexity index is 531. The Morgan fingerprint density at radius 2 is 1.96 bits per heavy atom. The first-order chi connectivity index (χ1) is 13.6. The molecule has 28 heavy (non-hydrogen) atoms. The predicted molar refractivity (Wildman–Crippen MR) is 112 cm³/mol. The molecule has 0 spiro atoms. The summed E-state index contributed by atoms with van der Waals surface area (Å²) in [4.78, 5) is 24.0. The molecule has 3 aliphatic rings. The maximum absolute atomic E-state index is 12.0. The van der Waals surface area contributed by atoms with E-state index in [0.29, 0.717) is 24.7 Å². The fourth-order valence-corrected chi connectivity index (χ4v) is 3.97. The van der Waals surface area contributed by atoms with Crippen molar-refractivity contribution >= 4 is 11.9 Å². The van der Waals surface area contributed by atoms with Crippen LogP contribution in [-0.2, 0) is 9.53 Å². The predicted octanol–water partition coefficient (Wildman–Crippen LogP) is -0.0427. The van der Waals surface area contributed by atoms with E-state index >= 15 is 0 Å². The standard InChI is InChI=1S/C20H38N6O2/c1-4-21-20(22-13-16(2)26-11-12-28-15-17(26)3)25-9-7-24(8-10-25)14-19(27)23-18-5-6-18/h16-18H,4-15H2,1-3H3,(H,21,22)(H,23,27). The smallest absolute Gasteiger partial charge is 0.234 e. The van der Waals surface area contributed by atoms with Crippen LogP contribution in [0.15, 0.2) is 4.99 Å². The Labute approximate surface area is 169 Å². The summed E-state index contributed by atoms with van der Waals surface area (Å²) in [5.41, 5.74) is 0.